The lowest BCUT2D eigenvalue weighted by Crippen LogP contribution is -2.26. The van der Waals surface area contributed by atoms with E-state index in [0.717, 1.165) is 44.2 Å². The molecule has 0 aliphatic heterocycles. The van der Waals surface area contributed by atoms with Gasteiger partial charge in [0.05, 0.1) is 19.4 Å². The van der Waals surface area contributed by atoms with Crippen LogP contribution < -0.4 is 9.47 Å². The molecule has 1 N–H and O–H groups in total. The number of ether oxygens (including phenoxy) is 3. The van der Waals surface area contributed by atoms with Crippen LogP contribution in [0.3, 0.4) is 0 Å². The first-order valence-electron chi connectivity index (χ1n) is 11.1. The highest BCUT2D eigenvalue weighted by Gasteiger charge is 2.20. The number of hydrogen-bond donors (Lipinski definition) is 1. The summed E-state index contributed by atoms with van der Waals surface area (Å²) >= 11 is 1.57. The van der Waals surface area contributed by atoms with Gasteiger partial charge in [-0.05, 0) is 61.2 Å². The van der Waals surface area contributed by atoms with Crippen LogP contribution in [0.2, 0.25) is 0 Å². The summed E-state index contributed by atoms with van der Waals surface area (Å²) in [5.41, 5.74) is 2.68. The smallest absolute Gasteiger partial charge is 0.333 e. The number of thiophene rings is 1. The molecule has 0 aliphatic carbocycles. The zero-order valence-corrected chi connectivity index (χ0v) is 20.2. The van der Waals surface area contributed by atoms with Crippen LogP contribution in [0.25, 0.3) is 21.5 Å². The molecule has 4 aromatic rings. The molecule has 0 radical (unpaired) electrons. The highest BCUT2D eigenvalue weighted by molar-refractivity contribution is 7.17. The van der Waals surface area contributed by atoms with Gasteiger partial charge in [0.25, 0.3) is 0 Å². The predicted octanol–water partition coefficient (Wildman–Crippen LogP) is 5.53. The second-order valence-electron chi connectivity index (χ2n) is 7.72. The van der Waals surface area contributed by atoms with Crippen molar-refractivity contribution in [3.8, 4) is 23.0 Å². The third-order valence-electron chi connectivity index (χ3n) is 5.53. The van der Waals surface area contributed by atoms with Crippen molar-refractivity contribution in [3.63, 3.8) is 0 Å². The average Bonchev–Trinajstić information content (AvgIpc) is 3.47. The molecule has 2 aromatic heterocycles. The summed E-state index contributed by atoms with van der Waals surface area (Å²) < 4.78 is 23.6. The minimum Gasteiger partial charge on any atom is -0.497 e. The molecule has 34 heavy (non-hydrogen) atoms. The number of nitrogens with zero attached hydrogens (tertiary/aromatic N) is 1. The van der Waals surface area contributed by atoms with Gasteiger partial charge in [-0.2, -0.15) is 0 Å². The van der Waals surface area contributed by atoms with E-state index in [2.05, 4.69) is 4.98 Å². The van der Waals surface area contributed by atoms with Crippen LogP contribution in [-0.2, 0) is 22.4 Å². The third kappa shape index (κ3) is 5.24. The molecule has 1 atom stereocenters. The van der Waals surface area contributed by atoms with Gasteiger partial charge in [0.15, 0.2) is 6.10 Å². The zero-order chi connectivity index (χ0) is 24.1. The Balaban J connectivity index is 1.44. The molecule has 4 rings (SSSR count). The van der Waals surface area contributed by atoms with Crippen molar-refractivity contribution >= 4 is 27.4 Å². The van der Waals surface area contributed by atoms with Crippen LogP contribution in [0.1, 0.15) is 23.9 Å². The lowest BCUT2D eigenvalue weighted by Gasteiger charge is -2.14. The Morgan fingerprint density at radius 2 is 1.97 bits per heavy atom. The van der Waals surface area contributed by atoms with Crippen molar-refractivity contribution < 1.29 is 28.5 Å². The molecule has 2 heterocycles. The van der Waals surface area contributed by atoms with Crippen molar-refractivity contribution in [3.05, 3.63) is 64.9 Å². The van der Waals surface area contributed by atoms with E-state index < -0.39 is 12.1 Å². The number of hydrogen-bond acceptors (Lipinski definition) is 7. The Hall–Kier alpha value is -3.36. The summed E-state index contributed by atoms with van der Waals surface area (Å²) in [6.07, 6.45) is 0.0499. The Morgan fingerprint density at radius 3 is 2.68 bits per heavy atom. The van der Waals surface area contributed by atoms with Gasteiger partial charge in [-0.1, -0.05) is 6.07 Å². The van der Waals surface area contributed by atoms with Crippen molar-refractivity contribution in [2.24, 2.45) is 0 Å². The van der Waals surface area contributed by atoms with Gasteiger partial charge in [0.1, 0.15) is 17.3 Å². The fourth-order valence-corrected chi connectivity index (χ4v) is 4.71. The number of rotatable bonds is 11. The maximum atomic E-state index is 11.5. The monoisotopic (exact) mass is 481 g/mol. The van der Waals surface area contributed by atoms with Crippen molar-refractivity contribution in [2.75, 3.05) is 20.3 Å². The van der Waals surface area contributed by atoms with Gasteiger partial charge in [-0.25, -0.2) is 9.78 Å². The van der Waals surface area contributed by atoms with Crippen molar-refractivity contribution in [2.45, 2.75) is 32.8 Å². The lowest BCUT2D eigenvalue weighted by atomic mass is 10.1. The standard InChI is InChI=1S/C26H27NO6S/c1-4-31-23(26(28)29)15-18-7-10-22(20-12-14-34-24(18)20)32-13-11-21-16(2)33-25(27-21)17-5-8-19(30-3)9-6-17/h5-10,12,14,23H,4,11,13,15H2,1-3H3,(H,28,29). The van der Waals surface area contributed by atoms with Gasteiger partial charge >= 0.3 is 5.97 Å². The number of aromatic nitrogens is 1. The first kappa shape index (κ1) is 23.8. The Morgan fingerprint density at radius 1 is 1.18 bits per heavy atom. The molecule has 0 saturated heterocycles. The number of oxazole rings is 1. The number of carbonyl (C=O) groups is 1. The zero-order valence-electron chi connectivity index (χ0n) is 19.4. The molecule has 0 saturated carbocycles. The SMILES string of the molecule is CCOC(Cc1ccc(OCCc2nc(-c3ccc(OC)cc3)oc2C)c2ccsc12)C(=O)O. The van der Waals surface area contributed by atoms with Crippen LogP contribution in [0.4, 0.5) is 0 Å². The molecule has 2 aromatic carbocycles. The molecule has 7 nitrogen and oxygen atoms in total. The van der Waals surface area contributed by atoms with Gasteiger partial charge in [-0.15, -0.1) is 11.3 Å². The molecule has 0 amide bonds. The van der Waals surface area contributed by atoms with Crippen LogP contribution in [0.5, 0.6) is 11.5 Å². The lowest BCUT2D eigenvalue weighted by molar-refractivity contribution is -0.149. The summed E-state index contributed by atoms with van der Waals surface area (Å²) in [4.78, 5) is 16.1. The van der Waals surface area contributed by atoms with Crippen molar-refractivity contribution in [1.82, 2.24) is 4.98 Å². The summed E-state index contributed by atoms with van der Waals surface area (Å²) in [7, 11) is 1.63. The number of aryl methyl sites for hydroxylation is 1. The Labute approximate surface area is 201 Å². The van der Waals surface area contributed by atoms with Gasteiger partial charge in [0.2, 0.25) is 5.89 Å². The number of carboxylic acid groups (broad SMARTS) is 1. The largest absolute Gasteiger partial charge is 0.497 e. The summed E-state index contributed by atoms with van der Waals surface area (Å²) in [5, 5.41) is 12.4. The molecular formula is C26H27NO6S. The summed E-state index contributed by atoms with van der Waals surface area (Å²) in [6, 6.07) is 13.4. The topological polar surface area (TPSA) is 91.0 Å². The van der Waals surface area contributed by atoms with E-state index in [1.54, 1.807) is 25.4 Å². The quantitative estimate of drug-likeness (QED) is 0.301. The maximum Gasteiger partial charge on any atom is 0.333 e. The van der Waals surface area contributed by atoms with Gasteiger partial charge in [-0.3, -0.25) is 0 Å². The first-order valence-corrected chi connectivity index (χ1v) is 11.9. The van der Waals surface area contributed by atoms with E-state index in [0.29, 0.717) is 31.9 Å². The Kier molecular flexibility index (Phi) is 7.49. The van der Waals surface area contributed by atoms with E-state index >= 15 is 0 Å². The van der Waals surface area contributed by atoms with Crippen LogP contribution >= 0.6 is 11.3 Å². The van der Waals surface area contributed by atoms with E-state index in [9.17, 15) is 9.90 Å². The highest BCUT2D eigenvalue weighted by Crippen LogP contribution is 2.34. The summed E-state index contributed by atoms with van der Waals surface area (Å²) in [6.45, 7) is 4.49. The van der Waals surface area contributed by atoms with Gasteiger partial charge < -0.3 is 23.7 Å². The van der Waals surface area contributed by atoms with Crippen LogP contribution in [0.15, 0.2) is 52.3 Å². The van der Waals surface area contributed by atoms with Crippen LogP contribution in [-0.4, -0.2) is 42.5 Å². The average molecular weight is 482 g/mol. The second kappa shape index (κ2) is 10.7. The summed E-state index contributed by atoms with van der Waals surface area (Å²) in [5.74, 6) is 1.93. The van der Waals surface area contributed by atoms with Crippen LogP contribution in [0, 0.1) is 6.92 Å². The number of methoxy groups -OCH3 is 1. The number of aliphatic carboxylic acids is 1. The predicted molar refractivity (Wildman–Crippen MR) is 131 cm³/mol. The Bertz CT molecular complexity index is 1260. The third-order valence-corrected chi connectivity index (χ3v) is 6.52. The second-order valence-corrected chi connectivity index (χ2v) is 8.64. The number of fused-ring (bicyclic) bond motifs is 1. The maximum absolute atomic E-state index is 11.5. The van der Waals surface area contributed by atoms with Gasteiger partial charge in [0, 0.05) is 35.1 Å². The molecule has 0 bridgehead atoms. The fourth-order valence-electron chi connectivity index (χ4n) is 3.77. The number of carboxylic acids is 1. The minimum atomic E-state index is -0.955. The van der Waals surface area contributed by atoms with Crippen molar-refractivity contribution in [1.29, 1.82) is 0 Å². The minimum absolute atomic E-state index is 0.312. The molecule has 178 valence electrons. The first-order chi connectivity index (χ1) is 16.5. The fraction of sp³-hybridized carbons (Fsp3) is 0.308. The van der Waals surface area contributed by atoms with E-state index in [4.69, 9.17) is 18.6 Å². The highest BCUT2D eigenvalue weighted by atomic mass is 32.1. The van der Waals surface area contributed by atoms with E-state index in [1.807, 2.05) is 54.8 Å². The molecule has 0 aliphatic rings. The number of benzene rings is 2. The normalized spacial score (nSPS) is 12.1. The molecule has 8 heteroatoms. The molecule has 0 spiro atoms. The molecule has 1 unspecified atom stereocenters. The molecule has 0 fully saturated rings. The van der Waals surface area contributed by atoms with E-state index in [1.165, 1.54) is 0 Å². The molecular weight excluding hydrogens is 454 g/mol. The van der Waals surface area contributed by atoms with E-state index in [-0.39, 0.29) is 0 Å².